The summed E-state index contributed by atoms with van der Waals surface area (Å²) in [4.78, 5) is 25.6. The minimum Gasteiger partial charge on any atom is -0.481 e. The molecule has 0 radical (unpaired) electrons. The number of carbonyl (C=O) groups excluding carboxylic acids is 2. The van der Waals surface area contributed by atoms with Gasteiger partial charge in [0.2, 0.25) is 0 Å². The third kappa shape index (κ3) is 2.63. The summed E-state index contributed by atoms with van der Waals surface area (Å²) < 4.78 is 5.44. The molecule has 2 amide bonds. The van der Waals surface area contributed by atoms with Crippen molar-refractivity contribution in [1.29, 1.82) is 0 Å². The van der Waals surface area contributed by atoms with Gasteiger partial charge in [-0.1, -0.05) is 23.7 Å². The molecule has 2 aromatic rings. The number of carbonyl (C=O) groups is 2. The van der Waals surface area contributed by atoms with Gasteiger partial charge in [0, 0.05) is 17.8 Å². The van der Waals surface area contributed by atoms with Gasteiger partial charge in [-0.25, -0.2) is 0 Å². The zero-order valence-corrected chi connectivity index (χ0v) is 12.6. The lowest BCUT2D eigenvalue weighted by atomic mass is 10.1. The number of hydrogen-bond acceptors (Lipinski definition) is 3. The van der Waals surface area contributed by atoms with Gasteiger partial charge in [-0.05, 0) is 30.3 Å². The van der Waals surface area contributed by atoms with Crippen molar-refractivity contribution >= 4 is 34.8 Å². The zero-order valence-electron chi connectivity index (χ0n) is 11.8. The Kier molecular flexibility index (Phi) is 3.73. The lowest BCUT2D eigenvalue weighted by Gasteiger charge is -2.27. The maximum Gasteiger partial charge on any atom is 0.264 e. The van der Waals surface area contributed by atoms with Crippen molar-refractivity contribution in [1.82, 2.24) is 0 Å². The van der Waals surface area contributed by atoms with Gasteiger partial charge in [0.25, 0.3) is 11.8 Å². The highest BCUT2D eigenvalue weighted by atomic mass is 35.5. The molecule has 22 heavy (non-hydrogen) atoms. The minimum atomic E-state index is -0.318. The number of rotatable bonds is 2. The van der Waals surface area contributed by atoms with E-state index in [-0.39, 0.29) is 18.4 Å². The molecule has 0 unspecified atom stereocenters. The van der Waals surface area contributed by atoms with Crippen molar-refractivity contribution in [3.05, 3.63) is 53.1 Å². The number of likely N-dealkylation sites (N-methyl/N-ethyl adjacent to an activating group) is 1. The van der Waals surface area contributed by atoms with Gasteiger partial charge in [-0.2, -0.15) is 0 Å². The molecule has 3 rings (SSSR count). The van der Waals surface area contributed by atoms with Gasteiger partial charge in [0.1, 0.15) is 0 Å². The average molecular weight is 317 g/mol. The van der Waals surface area contributed by atoms with Crippen LogP contribution in [-0.4, -0.2) is 25.5 Å². The van der Waals surface area contributed by atoms with Gasteiger partial charge >= 0.3 is 0 Å². The molecule has 0 fully saturated rings. The standard InChI is InChI=1S/C16H13ClN2O3/c1-19-13-7-3-6-12(15(13)22-9-14(19)20)16(21)18-11-5-2-4-10(17)8-11/h2-8H,9H2,1H3,(H,18,21). The second-order valence-electron chi connectivity index (χ2n) is 4.86. The summed E-state index contributed by atoms with van der Waals surface area (Å²) in [6, 6.07) is 12.0. The number of para-hydroxylation sites is 1. The molecule has 0 bridgehead atoms. The maximum atomic E-state index is 12.4. The first kappa shape index (κ1) is 14.4. The number of anilines is 2. The average Bonchev–Trinajstić information content (AvgIpc) is 2.50. The molecule has 0 saturated carbocycles. The Labute approximate surface area is 132 Å². The van der Waals surface area contributed by atoms with Crippen molar-refractivity contribution < 1.29 is 14.3 Å². The normalized spacial score (nSPS) is 13.4. The first-order valence-electron chi connectivity index (χ1n) is 6.65. The van der Waals surface area contributed by atoms with Crippen molar-refractivity contribution in [2.24, 2.45) is 0 Å². The molecule has 112 valence electrons. The number of hydrogen-bond donors (Lipinski definition) is 1. The monoisotopic (exact) mass is 316 g/mol. The summed E-state index contributed by atoms with van der Waals surface area (Å²) in [5.41, 5.74) is 1.54. The lowest BCUT2D eigenvalue weighted by Crippen LogP contribution is -2.36. The van der Waals surface area contributed by atoms with E-state index in [9.17, 15) is 9.59 Å². The predicted molar refractivity (Wildman–Crippen MR) is 84.8 cm³/mol. The van der Waals surface area contributed by atoms with E-state index >= 15 is 0 Å². The van der Waals surface area contributed by atoms with Crippen molar-refractivity contribution in [3.8, 4) is 5.75 Å². The van der Waals surface area contributed by atoms with Crippen molar-refractivity contribution in [2.45, 2.75) is 0 Å². The van der Waals surface area contributed by atoms with E-state index in [2.05, 4.69) is 5.32 Å². The highest BCUT2D eigenvalue weighted by Gasteiger charge is 2.26. The topological polar surface area (TPSA) is 58.6 Å². The molecule has 1 N–H and O–H groups in total. The first-order valence-corrected chi connectivity index (χ1v) is 7.03. The van der Waals surface area contributed by atoms with Crippen LogP contribution in [0.5, 0.6) is 5.75 Å². The Bertz CT molecular complexity index is 761. The summed E-state index contributed by atoms with van der Waals surface area (Å²) in [5.74, 6) is -0.0640. The SMILES string of the molecule is CN1C(=O)COc2c(C(=O)Nc3cccc(Cl)c3)cccc21. The summed E-state index contributed by atoms with van der Waals surface area (Å²) >= 11 is 5.90. The molecule has 0 saturated heterocycles. The lowest BCUT2D eigenvalue weighted by molar-refractivity contribution is -0.121. The summed E-state index contributed by atoms with van der Waals surface area (Å²) in [5, 5.41) is 3.30. The largest absolute Gasteiger partial charge is 0.481 e. The Morgan fingerprint density at radius 2 is 2.05 bits per heavy atom. The summed E-state index contributed by atoms with van der Waals surface area (Å²) in [7, 11) is 1.66. The van der Waals surface area contributed by atoms with Crippen LogP contribution in [0.4, 0.5) is 11.4 Å². The molecule has 1 aliphatic heterocycles. The van der Waals surface area contributed by atoms with Crippen LogP contribution in [0.1, 0.15) is 10.4 Å². The Hall–Kier alpha value is -2.53. The van der Waals surface area contributed by atoms with Crippen molar-refractivity contribution in [2.75, 3.05) is 23.9 Å². The molecule has 2 aromatic carbocycles. The van der Waals surface area contributed by atoms with Gasteiger partial charge in [-0.15, -0.1) is 0 Å². The number of benzene rings is 2. The quantitative estimate of drug-likeness (QED) is 0.926. The highest BCUT2D eigenvalue weighted by Crippen LogP contribution is 2.34. The van der Waals surface area contributed by atoms with Gasteiger partial charge in [0.15, 0.2) is 12.4 Å². The Morgan fingerprint density at radius 3 is 2.82 bits per heavy atom. The fraction of sp³-hybridized carbons (Fsp3) is 0.125. The van der Waals surface area contributed by atoms with Crippen LogP contribution in [0.15, 0.2) is 42.5 Å². The summed E-state index contributed by atoms with van der Waals surface area (Å²) in [6.07, 6.45) is 0. The van der Waals surface area contributed by atoms with Crippen LogP contribution in [0, 0.1) is 0 Å². The van der Waals surface area contributed by atoms with Crippen LogP contribution in [-0.2, 0) is 4.79 Å². The summed E-state index contributed by atoms with van der Waals surface area (Å²) in [6.45, 7) is -0.0784. The second kappa shape index (κ2) is 5.69. The van der Waals surface area contributed by atoms with E-state index in [1.807, 2.05) is 0 Å². The third-order valence-corrected chi connectivity index (χ3v) is 3.63. The second-order valence-corrected chi connectivity index (χ2v) is 5.30. The number of fused-ring (bicyclic) bond motifs is 1. The molecule has 0 atom stereocenters. The molecule has 1 heterocycles. The van der Waals surface area contributed by atoms with E-state index < -0.39 is 0 Å². The number of ether oxygens (including phenoxy) is 1. The van der Waals surface area contributed by atoms with E-state index in [4.69, 9.17) is 16.3 Å². The number of halogens is 1. The fourth-order valence-electron chi connectivity index (χ4n) is 2.25. The smallest absolute Gasteiger partial charge is 0.264 e. The Morgan fingerprint density at radius 1 is 1.27 bits per heavy atom. The number of nitrogens with one attached hydrogen (secondary N) is 1. The molecule has 1 aliphatic rings. The predicted octanol–water partition coefficient (Wildman–Crippen LogP) is 2.95. The van der Waals surface area contributed by atoms with Crippen LogP contribution in [0.3, 0.4) is 0 Å². The van der Waals surface area contributed by atoms with E-state index in [1.165, 1.54) is 4.90 Å². The van der Waals surface area contributed by atoms with Gasteiger partial charge in [-0.3, -0.25) is 9.59 Å². The molecule has 5 nitrogen and oxygen atoms in total. The minimum absolute atomic E-state index is 0.0784. The molecular formula is C16H13ClN2O3. The van der Waals surface area contributed by atoms with Gasteiger partial charge < -0.3 is 15.0 Å². The van der Waals surface area contributed by atoms with E-state index in [0.717, 1.165) is 0 Å². The van der Waals surface area contributed by atoms with Crippen LogP contribution >= 0.6 is 11.6 Å². The van der Waals surface area contributed by atoms with E-state index in [1.54, 1.807) is 49.5 Å². The van der Waals surface area contributed by atoms with E-state index in [0.29, 0.717) is 27.7 Å². The maximum absolute atomic E-state index is 12.4. The number of nitrogens with zero attached hydrogens (tertiary/aromatic N) is 1. The van der Waals surface area contributed by atoms with Crippen LogP contribution < -0.4 is 15.0 Å². The first-order chi connectivity index (χ1) is 10.6. The zero-order chi connectivity index (χ0) is 15.7. The molecule has 0 spiro atoms. The van der Waals surface area contributed by atoms with Crippen molar-refractivity contribution in [3.63, 3.8) is 0 Å². The molecule has 0 aromatic heterocycles. The molecule has 6 heteroatoms. The highest BCUT2D eigenvalue weighted by molar-refractivity contribution is 6.31. The molecular weight excluding hydrogens is 304 g/mol. The number of amides is 2. The van der Waals surface area contributed by atoms with Crippen LogP contribution in [0.2, 0.25) is 5.02 Å². The van der Waals surface area contributed by atoms with Crippen LogP contribution in [0.25, 0.3) is 0 Å². The molecule has 0 aliphatic carbocycles. The van der Waals surface area contributed by atoms with Gasteiger partial charge in [0.05, 0.1) is 11.3 Å². The Balaban J connectivity index is 1.92. The third-order valence-electron chi connectivity index (χ3n) is 3.40. The fourth-order valence-corrected chi connectivity index (χ4v) is 2.44.